The van der Waals surface area contributed by atoms with Crippen LogP contribution in [-0.4, -0.2) is 5.78 Å². The van der Waals surface area contributed by atoms with Gasteiger partial charge in [-0.15, -0.1) is 0 Å². The van der Waals surface area contributed by atoms with E-state index in [4.69, 9.17) is 27.9 Å². The second-order valence-corrected chi connectivity index (χ2v) is 4.54. The molecule has 84 valence electrons. The van der Waals surface area contributed by atoms with Gasteiger partial charge in [0.25, 0.3) is 0 Å². The smallest absolute Gasteiger partial charge is 0.165 e. The first-order valence-electron chi connectivity index (χ1n) is 4.88. The monoisotopic (exact) mass is 256 g/mol. The van der Waals surface area contributed by atoms with Gasteiger partial charge >= 0.3 is 0 Å². The van der Waals surface area contributed by atoms with Crippen molar-refractivity contribution in [1.82, 2.24) is 0 Å². The second-order valence-electron chi connectivity index (χ2n) is 3.73. The first-order chi connectivity index (χ1) is 7.58. The largest absolute Gasteiger partial charge is 0.492 e. The molecule has 1 heterocycles. The van der Waals surface area contributed by atoms with Crippen molar-refractivity contribution in [3.05, 3.63) is 45.6 Å². The van der Waals surface area contributed by atoms with Crippen LogP contribution in [0.4, 0.5) is 0 Å². The third-order valence-electron chi connectivity index (χ3n) is 2.54. The molecule has 0 amide bonds. The van der Waals surface area contributed by atoms with Crippen molar-refractivity contribution in [3.8, 4) is 0 Å². The van der Waals surface area contributed by atoms with Crippen molar-refractivity contribution in [2.45, 2.75) is 19.4 Å². The highest BCUT2D eigenvalue weighted by molar-refractivity contribution is 6.42. The Kier molecular flexibility index (Phi) is 3.22. The van der Waals surface area contributed by atoms with E-state index in [2.05, 4.69) is 0 Å². The van der Waals surface area contributed by atoms with Crippen LogP contribution < -0.4 is 0 Å². The summed E-state index contributed by atoms with van der Waals surface area (Å²) in [5, 5.41) is 0.973. The second kappa shape index (κ2) is 4.48. The minimum atomic E-state index is -0.258. The van der Waals surface area contributed by atoms with E-state index >= 15 is 0 Å². The fourth-order valence-corrected chi connectivity index (χ4v) is 1.84. The number of carbonyl (C=O) groups excluding carboxylic acids is 1. The molecular formula is C12H10Cl2O2. The minimum absolute atomic E-state index is 0.0994. The number of ether oxygens (including phenoxy) is 1. The summed E-state index contributed by atoms with van der Waals surface area (Å²) in [6, 6.07) is 5.26. The lowest BCUT2D eigenvalue weighted by Gasteiger charge is -2.21. The van der Waals surface area contributed by atoms with E-state index in [1.54, 1.807) is 19.1 Å². The van der Waals surface area contributed by atoms with Crippen molar-refractivity contribution in [2.24, 2.45) is 0 Å². The normalized spacial score (nSPS) is 20.3. The lowest BCUT2D eigenvalue weighted by atomic mass is 9.99. The zero-order chi connectivity index (χ0) is 11.7. The van der Waals surface area contributed by atoms with Crippen molar-refractivity contribution >= 4 is 29.0 Å². The fourth-order valence-electron chi connectivity index (χ4n) is 1.54. The number of Topliss-reactive ketones (excluding diaryl/α,β-unsaturated/α-hetero) is 1. The van der Waals surface area contributed by atoms with Crippen LogP contribution in [0.3, 0.4) is 0 Å². The van der Waals surface area contributed by atoms with Crippen molar-refractivity contribution in [2.75, 3.05) is 0 Å². The van der Waals surface area contributed by atoms with Gasteiger partial charge in [0.05, 0.1) is 22.7 Å². The molecule has 0 fully saturated rings. The summed E-state index contributed by atoms with van der Waals surface area (Å²) in [7, 11) is 0. The quantitative estimate of drug-likeness (QED) is 0.761. The number of carbonyl (C=O) groups is 1. The standard InChI is InChI=1S/C12H10Cl2O2/c1-7-6-16-12(5-11(7)15)8-2-3-9(13)10(14)4-8/h2-4,6,12H,5H2,1H3. The molecule has 2 rings (SSSR count). The molecule has 2 nitrogen and oxygen atoms in total. The van der Waals surface area contributed by atoms with E-state index in [-0.39, 0.29) is 11.9 Å². The van der Waals surface area contributed by atoms with E-state index < -0.39 is 0 Å². The third kappa shape index (κ3) is 2.23. The molecule has 1 unspecified atom stereocenters. The Labute approximate surface area is 104 Å². The molecule has 1 atom stereocenters. The van der Waals surface area contributed by atoms with Crippen LogP contribution in [0.25, 0.3) is 0 Å². The fraction of sp³-hybridized carbons (Fsp3) is 0.250. The van der Waals surface area contributed by atoms with Gasteiger partial charge in [0.1, 0.15) is 6.10 Å². The van der Waals surface area contributed by atoms with Crippen LogP contribution in [0.5, 0.6) is 0 Å². The van der Waals surface area contributed by atoms with Crippen LogP contribution in [-0.2, 0) is 9.53 Å². The number of hydrogen-bond donors (Lipinski definition) is 0. The summed E-state index contributed by atoms with van der Waals surface area (Å²) < 4.78 is 5.46. The Morgan fingerprint density at radius 2 is 2.06 bits per heavy atom. The van der Waals surface area contributed by atoms with E-state index in [1.165, 1.54) is 6.26 Å². The number of benzene rings is 1. The Morgan fingerprint density at radius 3 is 2.69 bits per heavy atom. The number of allylic oxidation sites excluding steroid dienone is 1. The van der Waals surface area contributed by atoms with Crippen molar-refractivity contribution < 1.29 is 9.53 Å². The molecule has 0 radical (unpaired) electrons. The topological polar surface area (TPSA) is 26.3 Å². The van der Waals surface area contributed by atoms with Gasteiger partial charge in [-0.2, -0.15) is 0 Å². The number of rotatable bonds is 1. The molecule has 0 aliphatic carbocycles. The number of hydrogen-bond acceptors (Lipinski definition) is 2. The summed E-state index contributed by atoms with van der Waals surface area (Å²) in [6.07, 6.45) is 1.59. The molecule has 16 heavy (non-hydrogen) atoms. The summed E-state index contributed by atoms with van der Waals surface area (Å²) in [5.74, 6) is 0.0994. The van der Waals surface area contributed by atoms with Gasteiger partial charge in [0.2, 0.25) is 0 Å². The Balaban J connectivity index is 2.26. The van der Waals surface area contributed by atoms with Crippen molar-refractivity contribution in [3.63, 3.8) is 0 Å². The lowest BCUT2D eigenvalue weighted by molar-refractivity contribution is -0.119. The third-order valence-corrected chi connectivity index (χ3v) is 3.27. The number of halogens is 2. The highest BCUT2D eigenvalue weighted by atomic mass is 35.5. The maximum Gasteiger partial charge on any atom is 0.165 e. The SMILES string of the molecule is CC1=COC(c2ccc(Cl)c(Cl)c2)CC1=O. The lowest BCUT2D eigenvalue weighted by Crippen LogP contribution is -2.14. The zero-order valence-corrected chi connectivity index (χ0v) is 10.2. The van der Waals surface area contributed by atoms with Crippen molar-refractivity contribution in [1.29, 1.82) is 0 Å². The summed E-state index contributed by atoms with van der Waals surface area (Å²) >= 11 is 11.7. The molecule has 1 aliphatic heterocycles. The predicted octanol–water partition coefficient (Wildman–Crippen LogP) is 3.93. The molecule has 0 N–H and O–H groups in total. The number of ketones is 1. The van der Waals surface area contributed by atoms with Crippen LogP contribution in [0.15, 0.2) is 30.0 Å². The molecule has 0 bridgehead atoms. The summed E-state index contributed by atoms with van der Waals surface area (Å²) in [6.45, 7) is 1.74. The Hall–Kier alpha value is -0.990. The van der Waals surface area contributed by atoms with Gasteiger partial charge in [0, 0.05) is 5.57 Å². The maximum absolute atomic E-state index is 11.5. The van der Waals surface area contributed by atoms with Gasteiger partial charge in [-0.3, -0.25) is 4.79 Å². The highest BCUT2D eigenvalue weighted by Gasteiger charge is 2.22. The van der Waals surface area contributed by atoms with E-state index in [0.717, 1.165) is 5.56 Å². The molecule has 1 aromatic rings. The highest BCUT2D eigenvalue weighted by Crippen LogP contribution is 2.31. The first kappa shape index (κ1) is 11.5. The van der Waals surface area contributed by atoms with Gasteiger partial charge in [-0.25, -0.2) is 0 Å². The molecule has 1 aromatic carbocycles. The van der Waals surface area contributed by atoms with Crippen LogP contribution >= 0.6 is 23.2 Å². The van der Waals surface area contributed by atoms with Gasteiger partial charge in [-0.1, -0.05) is 29.3 Å². The molecule has 4 heteroatoms. The average Bonchev–Trinajstić information content (AvgIpc) is 2.26. The van der Waals surface area contributed by atoms with Gasteiger partial charge in [-0.05, 0) is 24.6 Å². The summed E-state index contributed by atoms with van der Waals surface area (Å²) in [4.78, 5) is 11.5. The van der Waals surface area contributed by atoms with E-state index in [9.17, 15) is 4.79 Å². The van der Waals surface area contributed by atoms with E-state index in [1.807, 2.05) is 6.07 Å². The van der Waals surface area contributed by atoms with Crippen LogP contribution in [0.2, 0.25) is 10.0 Å². The van der Waals surface area contributed by atoms with Crippen LogP contribution in [0.1, 0.15) is 25.0 Å². The zero-order valence-electron chi connectivity index (χ0n) is 8.67. The molecule has 0 aromatic heterocycles. The molecule has 0 spiro atoms. The summed E-state index contributed by atoms with van der Waals surface area (Å²) in [5.41, 5.74) is 1.52. The Morgan fingerprint density at radius 1 is 1.31 bits per heavy atom. The molecule has 1 aliphatic rings. The molecule has 0 saturated carbocycles. The maximum atomic E-state index is 11.5. The molecular weight excluding hydrogens is 247 g/mol. The van der Waals surface area contributed by atoms with Crippen LogP contribution in [0, 0.1) is 0 Å². The average molecular weight is 257 g/mol. The predicted molar refractivity (Wildman–Crippen MR) is 63.7 cm³/mol. The molecule has 0 saturated heterocycles. The minimum Gasteiger partial charge on any atom is -0.492 e. The Bertz CT molecular complexity index is 466. The van der Waals surface area contributed by atoms with Gasteiger partial charge in [0.15, 0.2) is 5.78 Å². The van der Waals surface area contributed by atoms with Gasteiger partial charge < -0.3 is 4.74 Å². The van der Waals surface area contributed by atoms with E-state index in [0.29, 0.717) is 22.0 Å². The first-order valence-corrected chi connectivity index (χ1v) is 5.64.